The molecule has 0 saturated carbocycles. The first-order chi connectivity index (χ1) is 11.4. The van der Waals surface area contributed by atoms with Gasteiger partial charge in [-0.1, -0.05) is 18.2 Å². The van der Waals surface area contributed by atoms with E-state index in [1.165, 1.54) is 12.1 Å². The average molecular weight is 463 g/mol. The Balaban J connectivity index is 1.91. The number of nitrogens with one attached hydrogen (secondary N) is 1. The van der Waals surface area contributed by atoms with Crippen LogP contribution in [0.4, 0.5) is 0 Å². The predicted octanol–water partition coefficient (Wildman–Crippen LogP) is 2.88. The molecule has 0 aromatic heterocycles. The number of carbonyl (C=O) groups is 2. The average Bonchev–Trinajstić information content (AvgIpc) is 2.56. The highest BCUT2D eigenvalue weighted by Gasteiger charge is 2.24. The molecule has 1 aromatic carbocycles. The molecule has 0 radical (unpaired) electrons. The molecule has 2 rings (SSSR count). The second-order valence-electron chi connectivity index (χ2n) is 5.79. The molecule has 2 N–H and O–H groups in total. The van der Waals surface area contributed by atoms with Gasteiger partial charge in [-0.3, -0.25) is 9.59 Å². The maximum Gasteiger partial charge on any atom is 0.243 e. The topological polar surface area (TPSA) is 69.6 Å². The van der Waals surface area contributed by atoms with E-state index in [1.54, 1.807) is 11.0 Å². The van der Waals surface area contributed by atoms with Crippen molar-refractivity contribution < 1.29 is 14.7 Å². The highest BCUT2D eigenvalue weighted by atomic mass is 127. The fourth-order valence-electron chi connectivity index (χ4n) is 2.76. The number of amides is 2. The van der Waals surface area contributed by atoms with Crippen molar-refractivity contribution in [3.05, 3.63) is 38.9 Å². The van der Waals surface area contributed by atoms with Crippen LogP contribution in [-0.4, -0.2) is 41.0 Å². The summed E-state index contributed by atoms with van der Waals surface area (Å²) in [5.41, 5.74) is 0.714. The highest BCUT2D eigenvalue weighted by molar-refractivity contribution is 14.1. The van der Waals surface area contributed by atoms with Gasteiger partial charge in [0.2, 0.25) is 11.8 Å². The molecular formula is C17H20ClIN2O3. The van der Waals surface area contributed by atoms with Crippen LogP contribution in [-0.2, 0) is 16.0 Å². The van der Waals surface area contributed by atoms with Crippen molar-refractivity contribution in [3.63, 3.8) is 0 Å². The quantitative estimate of drug-likeness (QED) is 0.522. The van der Waals surface area contributed by atoms with Gasteiger partial charge in [0.1, 0.15) is 5.75 Å². The maximum atomic E-state index is 12.4. The van der Waals surface area contributed by atoms with Gasteiger partial charge in [-0.05, 0) is 65.6 Å². The standard InChI is InChI=1S/C17H20ClIN2O3/c1-2-16(23)20-12-4-3-7-21(10-12)17(24)6-5-11-8-14(19)13(18)9-15(11)22/h2,8-9,12,22H,1,3-7,10H2,(H,20,23)/t12-/m1/s1. The van der Waals surface area contributed by atoms with Crippen molar-refractivity contribution in [2.75, 3.05) is 13.1 Å². The third-order valence-corrected chi connectivity index (χ3v) is 5.56. The largest absolute Gasteiger partial charge is 0.508 e. The van der Waals surface area contributed by atoms with Crippen LogP contribution >= 0.6 is 34.2 Å². The number of halogens is 2. The van der Waals surface area contributed by atoms with Gasteiger partial charge in [-0.25, -0.2) is 0 Å². The molecule has 0 aliphatic carbocycles. The zero-order valence-electron chi connectivity index (χ0n) is 13.2. The van der Waals surface area contributed by atoms with Crippen LogP contribution < -0.4 is 5.32 Å². The number of aromatic hydroxyl groups is 1. The van der Waals surface area contributed by atoms with Crippen LogP contribution in [0.25, 0.3) is 0 Å². The first-order valence-corrected chi connectivity index (χ1v) is 9.24. The summed E-state index contributed by atoms with van der Waals surface area (Å²) in [7, 11) is 0. The summed E-state index contributed by atoms with van der Waals surface area (Å²) in [6, 6.07) is 3.28. The summed E-state index contributed by atoms with van der Waals surface area (Å²) >= 11 is 8.05. The number of piperidine rings is 1. The first kappa shape index (κ1) is 19.1. The molecule has 1 atom stereocenters. The van der Waals surface area contributed by atoms with Crippen molar-refractivity contribution in [3.8, 4) is 5.75 Å². The summed E-state index contributed by atoms with van der Waals surface area (Å²) in [5.74, 6) is -0.0742. The van der Waals surface area contributed by atoms with Crippen LogP contribution in [0.2, 0.25) is 5.02 Å². The van der Waals surface area contributed by atoms with E-state index in [9.17, 15) is 14.7 Å². The Labute approximate surface area is 160 Å². The number of benzene rings is 1. The number of phenols is 1. The Morgan fingerprint density at radius 3 is 2.96 bits per heavy atom. The Morgan fingerprint density at radius 1 is 1.50 bits per heavy atom. The van der Waals surface area contributed by atoms with Crippen LogP contribution in [0.3, 0.4) is 0 Å². The van der Waals surface area contributed by atoms with E-state index < -0.39 is 0 Å². The number of nitrogens with zero attached hydrogens (tertiary/aromatic N) is 1. The smallest absolute Gasteiger partial charge is 0.243 e. The molecule has 1 saturated heterocycles. The minimum Gasteiger partial charge on any atom is -0.508 e. The van der Waals surface area contributed by atoms with Crippen molar-refractivity contribution in [1.82, 2.24) is 10.2 Å². The van der Waals surface area contributed by atoms with Crippen LogP contribution in [0.1, 0.15) is 24.8 Å². The lowest BCUT2D eigenvalue weighted by Crippen LogP contribution is -2.49. The summed E-state index contributed by atoms with van der Waals surface area (Å²) in [6.45, 7) is 4.65. The Bertz CT molecular complexity index is 651. The number of carbonyl (C=O) groups excluding carboxylic acids is 2. The number of hydrogen-bond acceptors (Lipinski definition) is 3. The van der Waals surface area contributed by atoms with Crippen LogP contribution in [0.15, 0.2) is 24.8 Å². The minimum atomic E-state index is -0.213. The van der Waals surface area contributed by atoms with E-state index >= 15 is 0 Å². The molecule has 24 heavy (non-hydrogen) atoms. The van der Waals surface area contributed by atoms with Crippen LogP contribution in [0, 0.1) is 3.57 Å². The fourth-order valence-corrected chi connectivity index (χ4v) is 3.45. The molecule has 1 aliphatic rings. The highest BCUT2D eigenvalue weighted by Crippen LogP contribution is 2.28. The van der Waals surface area contributed by atoms with Gasteiger partial charge in [0.15, 0.2) is 0 Å². The van der Waals surface area contributed by atoms with Gasteiger partial charge < -0.3 is 15.3 Å². The Hall–Kier alpha value is -1.28. The molecule has 1 aliphatic heterocycles. The van der Waals surface area contributed by atoms with Gasteiger partial charge >= 0.3 is 0 Å². The molecule has 2 amide bonds. The number of rotatable bonds is 5. The molecular weight excluding hydrogens is 443 g/mol. The molecule has 1 heterocycles. The van der Waals surface area contributed by atoms with Gasteiger partial charge in [-0.15, -0.1) is 0 Å². The van der Waals surface area contributed by atoms with Crippen molar-refractivity contribution in [2.24, 2.45) is 0 Å². The molecule has 5 nitrogen and oxygen atoms in total. The monoisotopic (exact) mass is 462 g/mol. The molecule has 0 unspecified atom stereocenters. The van der Waals surface area contributed by atoms with Crippen molar-refractivity contribution in [1.29, 1.82) is 0 Å². The molecule has 0 spiro atoms. The summed E-state index contributed by atoms with van der Waals surface area (Å²) < 4.78 is 0.847. The molecule has 7 heteroatoms. The number of likely N-dealkylation sites (tertiary alicyclic amines) is 1. The van der Waals surface area contributed by atoms with E-state index in [4.69, 9.17) is 11.6 Å². The summed E-state index contributed by atoms with van der Waals surface area (Å²) in [6.07, 6.45) is 3.73. The lowest BCUT2D eigenvalue weighted by molar-refractivity contribution is -0.133. The Kier molecular flexibility index (Phi) is 6.91. The fraction of sp³-hybridized carbons (Fsp3) is 0.412. The number of phenolic OH excluding ortho intramolecular Hbond substituents is 1. The number of hydrogen-bond donors (Lipinski definition) is 2. The van der Waals surface area contributed by atoms with Crippen molar-refractivity contribution in [2.45, 2.75) is 31.7 Å². The van der Waals surface area contributed by atoms with E-state index in [0.717, 1.165) is 16.4 Å². The molecule has 0 bridgehead atoms. The third kappa shape index (κ3) is 5.11. The molecule has 130 valence electrons. The van der Waals surface area contributed by atoms with Gasteiger partial charge in [0.05, 0.1) is 5.02 Å². The zero-order valence-corrected chi connectivity index (χ0v) is 16.1. The Morgan fingerprint density at radius 2 is 2.25 bits per heavy atom. The predicted molar refractivity (Wildman–Crippen MR) is 102 cm³/mol. The lowest BCUT2D eigenvalue weighted by Gasteiger charge is -2.33. The summed E-state index contributed by atoms with van der Waals surface area (Å²) in [5, 5.41) is 13.3. The lowest BCUT2D eigenvalue weighted by atomic mass is 10.0. The molecule has 1 fully saturated rings. The minimum absolute atomic E-state index is 0.0249. The maximum absolute atomic E-state index is 12.4. The van der Waals surface area contributed by atoms with Gasteiger partial charge in [-0.2, -0.15) is 0 Å². The third-order valence-electron chi connectivity index (χ3n) is 4.04. The normalized spacial score (nSPS) is 17.4. The van der Waals surface area contributed by atoms with Crippen LogP contribution in [0.5, 0.6) is 5.75 Å². The van der Waals surface area contributed by atoms with E-state index in [2.05, 4.69) is 34.5 Å². The molecule has 1 aromatic rings. The SMILES string of the molecule is C=CC(=O)N[C@@H]1CCCN(C(=O)CCc2cc(I)c(Cl)cc2O)C1. The van der Waals surface area contributed by atoms with Gasteiger partial charge in [0.25, 0.3) is 0 Å². The second-order valence-corrected chi connectivity index (χ2v) is 7.36. The first-order valence-electron chi connectivity index (χ1n) is 7.78. The zero-order chi connectivity index (χ0) is 17.7. The number of aryl methyl sites for hydroxylation is 1. The van der Waals surface area contributed by atoms with E-state index in [-0.39, 0.29) is 23.6 Å². The summed E-state index contributed by atoms with van der Waals surface area (Å²) in [4.78, 5) is 25.6. The van der Waals surface area contributed by atoms with Gasteiger partial charge in [0, 0.05) is 29.1 Å². The van der Waals surface area contributed by atoms with Crippen molar-refractivity contribution >= 4 is 46.0 Å². The van der Waals surface area contributed by atoms with E-state index in [1.807, 2.05) is 0 Å². The second kappa shape index (κ2) is 8.71. The van der Waals surface area contributed by atoms with E-state index in [0.29, 0.717) is 36.5 Å².